The molecule has 0 saturated carbocycles. The number of piperidine rings is 1. The van der Waals surface area contributed by atoms with E-state index in [0.29, 0.717) is 23.9 Å². The lowest BCUT2D eigenvalue weighted by Gasteiger charge is -2.35. The molecule has 2 aliphatic rings. The molecule has 2 saturated heterocycles. The number of carbonyl (C=O) groups excluding carboxylic acids is 1. The van der Waals surface area contributed by atoms with E-state index >= 15 is 0 Å². The number of hydrogen-bond donors (Lipinski definition) is 1. The van der Waals surface area contributed by atoms with Crippen LogP contribution in [-0.2, 0) is 11.3 Å². The molecular formula is C18H22N4O3. The van der Waals surface area contributed by atoms with Crippen LogP contribution in [0.2, 0.25) is 0 Å². The van der Waals surface area contributed by atoms with Crippen LogP contribution >= 0.6 is 0 Å². The second-order valence-corrected chi connectivity index (χ2v) is 6.74. The van der Waals surface area contributed by atoms with Crippen molar-refractivity contribution in [2.24, 2.45) is 11.8 Å². The van der Waals surface area contributed by atoms with Crippen LogP contribution in [0.15, 0.2) is 41.3 Å². The first kappa shape index (κ1) is 16.2. The van der Waals surface area contributed by atoms with Crippen LogP contribution < -0.4 is 5.32 Å². The number of aromatic nitrogens is 2. The Kier molecular flexibility index (Phi) is 4.76. The maximum atomic E-state index is 12.2. The van der Waals surface area contributed by atoms with Crippen LogP contribution in [0.3, 0.4) is 0 Å². The molecular weight excluding hydrogens is 320 g/mol. The summed E-state index contributed by atoms with van der Waals surface area (Å²) in [6.45, 7) is 4.18. The highest BCUT2D eigenvalue weighted by molar-refractivity contribution is 5.93. The zero-order valence-corrected chi connectivity index (χ0v) is 14.0. The minimum absolute atomic E-state index is 0.0585. The molecule has 2 aromatic heterocycles. The highest BCUT2D eigenvalue weighted by Gasteiger charge is 2.40. The SMILES string of the molecule is O=C(NC[C@@H]1OC[C@H]2CCN(Cc3ccco3)C[C@H]21)c1ccnnc1. The molecule has 1 N–H and O–H groups in total. The number of nitrogens with one attached hydrogen (secondary N) is 1. The monoisotopic (exact) mass is 342 g/mol. The highest BCUT2D eigenvalue weighted by atomic mass is 16.5. The Morgan fingerprint density at radius 2 is 2.32 bits per heavy atom. The van der Waals surface area contributed by atoms with Crippen molar-refractivity contribution in [1.29, 1.82) is 0 Å². The highest BCUT2D eigenvalue weighted by Crippen LogP contribution is 2.34. The number of amides is 1. The molecule has 2 fully saturated rings. The summed E-state index contributed by atoms with van der Waals surface area (Å²) < 4.78 is 11.4. The van der Waals surface area contributed by atoms with Crippen molar-refractivity contribution in [2.75, 3.05) is 26.2 Å². The van der Waals surface area contributed by atoms with E-state index in [9.17, 15) is 4.79 Å². The van der Waals surface area contributed by atoms with Gasteiger partial charge in [0.2, 0.25) is 0 Å². The Balaban J connectivity index is 1.32. The standard InChI is InChI=1S/C18H22N4O3/c23-18(13-3-5-20-21-8-13)19-9-17-16-11-22(6-4-14(16)12-25-17)10-15-2-1-7-24-15/h1-3,5,7-8,14,16-17H,4,6,9-12H2,(H,19,23)/t14-,16-,17+/m1/s1. The molecule has 0 aromatic carbocycles. The minimum atomic E-state index is -0.134. The van der Waals surface area contributed by atoms with Gasteiger partial charge in [-0.1, -0.05) is 0 Å². The van der Waals surface area contributed by atoms with Gasteiger partial charge in [0.05, 0.1) is 43.5 Å². The maximum Gasteiger partial charge on any atom is 0.253 e. The number of fused-ring (bicyclic) bond motifs is 1. The van der Waals surface area contributed by atoms with Gasteiger partial charge in [-0.2, -0.15) is 10.2 Å². The van der Waals surface area contributed by atoms with Crippen LogP contribution in [0.1, 0.15) is 22.5 Å². The third kappa shape index (κ3) is 3.72. The fourth-order valence-electron chi connectivity index (χ4n) is 3.80. The summed E-state index contributed by atoms with van der Waals surface area (Å²) in [5, 5.41) is 10.4. The molecule has 25 heavy (non-hydrogen) atoms. The summed E-state index contributed by atoms with van der Waals surface area (Å²) in [7, 11) is 0. The zero-order valence-electron chi connectivity index (χ0n) is 14.0. The average Bonchev–Trinajstić information content (AvgIpc) is 3.30. The lowest BCUT2D eigenvalue weighted by molar-refractivity contribution is 0.0665. The quantitative estimate of drug-likeness (QED) is 0.883. The van der Waals surface area contributed by atoms with Gasteiger partial charge in [0.25, 0.3) is 5.91 Å². The van der Waals surface area contributed by atoms with E-state index in [1.165, 1.54) is 12.4 Å². The summed E-state index contributed by atoms with van der Waals surface area (Å²) >= 11 is 0. The van der Waals surface area contributed by atoms with Gasteiger partial charge in [-0.25, -0.2) is 0 Å². The van der Waals surface area contributed by atoms with E-state index in [1.807, 2.05) is 12.1 Å². The molecule has 0 aliphatic carbocycles. The van der Waals surface area contributed by atoms with Crippen LogP contribution in [0.4, 0.5) is 0 Å². The van der Waals surface area contributed by atoms with Crippen molar-refractivity contribution in [3.8, 4) is 0 Å². The molecule has 4 heterocycles. The predicted octanol–water partition coefficient (Wildman–Crippen LogP) is 1.34. The number of ether oxygens (including phenoxy) is 1. The van der Waals surface area contributed by atoms with E-state index in [4.69, 9.17) is 9.15 Å². The minimum Gasteiger partial charge on any atom is -0.468 e. The number of hydrogen-bond acceptors (Lipinski definition) is 6. The molecule has 132 valence electrons. The summed E-state index contributed by atoms with van der Waals surface area (Å²) in [5.41, 5.74) is 0.521. The van der Waals surface area contributed by atoms with Crippen LogP contribution in [0.5, 0.6) is 0 Å². The van der Waals surface area contributed by atoms with E-state index in [-0.39, 0.29) is 12.0 Å². The second-order valence-electron chi connectivity index (χ2n) is 6.74. The van der Waals surface area contributed by atoms with Gasteiger partial charge in [0.15, 0.2) is 0 Å². The van der Waals surface area contributed by atoms with Crippen molar-refractivity contribution < 1.29 is 13.9 Å². The van der Waals surface area contributed by atoms with E-state index in [0.717, 1.165) is 38.4 Å². The largest absolute Gasteiger partial charge is 0.468 e. The van der Waals surface area contributed by atoms with Crippen molar-refractivity contribution in [3.05, 3.63) is 48.2 Å². The summed E-state index contributed by atoms with van der Waals surface area (Å²) in [4.78, 5) is 14.6. The first-order valence-corrected chi connectivity index (χ1v) is 8.71. The van der Waals surface area contributed by atoms with Gasteiger partial charge in [-0.3, -0.25) is 9.69 Å². The van der Waals surface area contributed by atoms with E-state index in [2.05, 4.69) is 20.4 Å². The Labute approximate surface area is 146 Å². The topological polar surface area (TPSA) is 80.5 Å². The average molecular weight is 342 g/mol. The Morgan fingerprint density at radius 1 is 1.36 bits per heavy atom. The normalized spacial score (nSPS) is 26.3. The van der Waals surface area contributed by atoms with Gasteiger partial charge in [-0.15, -0.1) is 0 Å². The molecule has 2 aromatic rings. The molecule has 1 amide bonds. The summed E-state index contributed by atoms with van der Waals surface area (Å²) in [6, 6.07) is 5.59. The molecule has 7 heteroatoms. The molecule has 0 unspecified atom stereocenters. The van der Waals surface area contributed by atoms with Gasteiger partial charge < -0.3 is 14.5 Å². The Hall–Kier alpha value is -2.25. The lowest BCUT2D eigenvalue weighted by atomic mass is 9.84. The van der Waals surface area contributed by atoms with Gasteiger partial charge in [0.1, 0.15) is 5.76 Å². The van der Waals surface area contributed by atoms with Crippen molar-refractivity contribution >= 4 is 5.91 Å². The number of likely N-dealkylation sites (tertiary alicyclic amines) is 1. The lowest BCUT2D eigenvalue weighted by Crippen LogP contribution is -2.45. The summed E-state index contributed by atoms with van der Waals surface area (Å²) in [6.07, 6.45) is 5.89. The summed E-state index contributed by atoms with van der Waals surface area (Å²) in [5.74, 6) is 1.88. The van der Waals surface area contributed by atoms with Crippen molar-refractivity contribution in [3.63, 3.8) is 0 Å². The van der Waals surface area contributed by atoms with E-state index < -0.39 is 0 Å². The molecule has 0 bridgehead atoms. The van der Waals surface area contributed by atoms with Crippen LogP contribution in [0.25, 0.3) is 0 Å². The molecule has 0 spiro atoms. The number of carbonyl (C=O) groups is 1. The molecule has 3 atom stereocenters. The first-order chi connectivity index (χ1) is 12.3. The smallest absolute Gasteiger partial charge is 0.253 e. The molecule has 2 aliphatic heterocycles. The first-order valence-electron chi connectivity index (χ1n) is 8.71. The number of rotatable bonds is 5. The van der Waals surface area contributed by atoms with Gasteiger partial charge in [0, 0.05) is 19.0 Å². The Morgan fingerprint density at radius 3 is 3.12 bits per heavy atom. The number of nitrogens with zero attached hydrogens (tertiary/aromatic N) is 3. The predicted molar refractivity (Wildman–Crippen MR) is 89.7 cm³/mol. The van der Waals surface area contributed by atoms with Crippen molar-refractivity contribution in [1.82, 2.24) is 20.4 Å². The van der Waals surface area contributed by atoms with Gasteiger partial charge >= 0.3 is 0 Å². The third-order valence-electron chi connectivity index (χ3n) is 5.16. The van der Waals surface area contributed by atoms with Crippen LogP contribution in [-0.4, -0.2) is 53.3 Å². The second kappa shape index (κ2) is 7.33. The number of furan rings is 1. The fourth-order valence-corrected chi connectivity index (χ4v) is 3.80. The zero-order chi connectivity index (χ0) is 17.1. The molecule has 4 rings (SSSR count). The van der Waals surface area contributed by atoms with Crippen LogP contribution in [0, 0.1) is 11.8 Å². The maximum absolute atomic E-state index is 12.2. The van der Waals surface area contributed by atoms with Gasteiger partial charge in [-0.05, 0) is 37.1 Å². The molecule has 0 radical (unpaired) electrons. The third-order valence-corrected chi connectivity index (χ3v) is 5.16. The Bertz CT molecular complexity index is 692. The fraction of sp³-hybridized carbons (Fsp3) is 0.500. The molecule has 7 nitrogen and oxygen atoms in total. The van der Waals surface area contributed by atoms with E-state index in [1.54, 1.807) is 12.3 Å². The van der Waals surface area contributed by atoms with Crippen molar-refractivity contribution in [2.45, 2.75) is 19.1 Å².